The summed E-state index contributed by atoms with van der Waals surface area (Å²) in [6.07, 6.45) is 5.26. The zero-order valence-electron chi connectivity index (χ0n) is 9.89. The number of carbonyl (C=O) groups is 1. The minimum absolute atomic E-state index is 0.381. The van der Waals surface area contributed by atoms with Crippen LogP contribution >= 0.6 is 0 Å². The summed E-state index contributed by atoms with van der Waals surface area (Å²) in [4.78, 5) is 14.6. The van der Waals surface area contributed by atoms with Crippen LogP contribution < -0.4 is 0 Å². The summed E-state index contributed by atoms with van der Waals surface area (Å²) in [6, 6.07) is 0. The summed E-state index contributed by atoms with van der Waals surface area (Å²) in [5.41, 5.74) is 0. The Labute approximate surface area is 101 Å². The monoisotopic (exact) mass is 234 g/mol. The van der Waals surface area contributed by atoms with E-state index in [9.17, 15) is 4.79 Å². The molecule has 0 bridgehead atoms. The highest BCUT2D eigenvalue weighted by molar-refractivity contribution is 6.35. The number of ether oxygens (including phenoxy) is 1. The fourth-order valence-electron chi connectivity index (χ4n) is 4.14. The van der Waals surface area contributed by atoms with Gasteiger partial charge in [-0.05, 0) is 62.0 Å². The van der Waals surface area contributed by atoms with E-state index in [1.54, 1.807) is 0 Å². The van der Waals surface area contributed by atoms with Gasteiger partial charge in [-0.2, -0.15) is 0 Å². The summed E-state index contributed by atoms with van der Waals surface area (Å²) < 4.78 is 5.14. The Kier molecular flexibility index (Phi) is 2.53. The van der Waals surface area contributed by atoms with Crippen LogP contribution in [0.3, 0.4) is 0 Å². The summed E-state index contributed by atoms with van der Waals surface area (Å²) >= 11 is 0. The van der Waals surface area contributed by atoms with E-state index in [1.807, 2.05) is 0 Å². The highest BCUT2D eigenvalue weighted by atomic mass is 16.5. The molecule has 4 heteroatoms. The Morgan fingerprint density at radius 1 is 1.35 bits per heavy atom. The van der Waals surface area contributed by atoms with Crippen LogP contribution in [0.4, 0.5) is 0 Å². The fraction of sp³-hybridized carbons (Fsp3) is 0.769. The molecule has 0 radical (unpaired) electrons. The largest absolute Gasteiger partial charge is 0.460 e. The van der Waals surface area contributed by atoms with Crippen LogP contribution in [0, 0.1) is 35.0 Å². The van der Waals surface area contributed by atoms with E-state index >= 15 is 0 Å². The van der Waals surface area contributed by atoms with Gasteiger partial charge in [-0.15, -0.1) is 0 Å². The third kappa shape index (κ3) is 1.61. The molecule has 5 unspecified atom stereocenters. The Bertz CT molecular complexity index is 380. The summed E-state index contributed by atoms with van der Waals surface area (Å²) in [7, 11) is 0. The fourth-order valence-corrected chi connectivity index (χ4v) is 4.14. The molecule has 0 aromatic carbocycles. The van der Waals surface area contributed by atoms with Crippen molar-refractivity contribution < 1.29 is 9.53 Å². The van der Waals surface area contributed by atoms with Crippen LogP contribution in [0.5, 0.6) is 0 Å². The Balaban J connectivity index is 1.51. The van der Waals surface area contributed by atoms with Crippen LogP contribution in [0.1, 0.15) is 25.7 Å². The third-order valence-electron chi connectivity index (χ3n) is 5.06. The first-order valence-electron chi connectivity index (χ1n) is 6.43. The maximum absolute atomic E-state index is 11.3. The second kappa shape index (κ2) is 3.93. The van der Waals surface area contributed by atoms with Crippen LogP contribution in [-0.2, 0) is 9.53 Å². The van der Waals surface area contributed by atoms with Crippen molar-refractivity contribution >= 4 is 18.5 Å². The van der Waals surface area contributed by atoms with Crippen LogP contribution in [0.15, 0.2) is 4.99 Å². The molecule has 0 aromatic heterocycles. The van der Waals surface area contributed by atoms with E-state index in [1.165, 1.54) is 25.7 Å². The first-order chi connectivity index (χ1) is 8.20. The lowest BCUT2D eigenvalue weighted by Crippen LogP contribution is -2.57. The van der Waals surface area contributed by atoms with E-state index in [2.05, 4.69) is 11.7 Å². The predicted molar refractivity (Wildman–Crippen MR) is 64.2 cm³/mol. The van der Waals surface area contributed by atoms with Crippen molar-refractivity contribution in [2.24, 2.45) is 34.6 Å². The van der Waals surface area contributed by atoms with Crippen molar-refractivity contribution in [3.8, 4) is 0 Å². The molecule has 1 N–H and O–H groups in total. The van der Waals surface area contributed by atoms with Gasteiger partial charge in [0.15, 0.2) is 0 Å². The van der Waals surface area contributed by atoms with Gasteiger partial charge in [0, 0.05) is 0 Å². The molecule has 0 amide bonds. The number of nitrogens with one attached hydrogen (secondary N) is 1. The van der Waals surface area contributed by atoms with Gasteiger partial charge in [0.1, 0.15) is 0 Å². The molecule has 3 rings (SSSR count). The molecule has 3 aliphatic carbocycles. The Morgan fingerprint density at radius 3 is 2.88 bits per heavy atom. The quantitative estimate of drug-likeness (QED) is 0.450. The third-order valence-corrected chi connectivity index (χ3v) is 5.06. The van der Waals surface area contributed by atoms with Crippen LogP contribution in [0.2, 0.25) is 0 Å². The molecule has 3 aliphatic rings. The van der Waals surface area contributed by atoms with Crippen molar-refractivity contribution in [1.29, 1.82) is 5.41 Å². The second-order valence-electron chi connectivity index (χ2n) is 5.68. The highest BCUT2D eigenvalue weighted by Crippen LogP contribution is 2.64. The molecule has 0 heterocycles. The standard InChI is InChI=1S/C13H18N2O2/c1-15-12(14)13(16)17-6-8-3-2-7-4-9-5-10(8)11(7)9/h7-11,14H,1-6H2. The van der Waals surface area contributed by atoms with Gasteiger partial charge >= 0.3 is 5.97 Å². The Hall–Kier alpha value is -1.19. The van der Waals surface area contributed by atoms with Gasteiger partial charge in [-0.1, -0.05) is 0 Å². The maximum Gasteiger partial charge on any atom is 0.375 e. The summed E-state index contributed by atoms with van der Waals surface area (Å²) in [5, 5.41) is 7.20. The smallest absolute Gasteiger partial charge is 0.375 e. The Morgan fingerprint density at radius 2 is 2.18 bits per heavy atom. The predicted octanol–water partition coefficient (Wildman–Crippen LogP) is 1.89. The molecule has 5 atom stereocenters. The average molecular weight is 234 g/mol. The zero-order chi connectivity index (χ0) is 12.0. The molecule has 92 valence electrons. The van der Waals surface area contributed by atoms with Gasteiger partial charge < -0.3 is 4.74 Å². The summed E-state index contributed by atoms with van der Waals surface area (Å²) in [6.45, 7) is 3.62. The van der Waals surface area contributed by atoms with Gasteiger partial charge in [0.2, 0.25) is 5.84 Å². The van der Waals surface area contributed by atoms with E-state index in [0.717, 1.165) is 23.7 Å². The van der Waals surface area contributed by atoms with Crippen molar-refractivity contribution in [2.75, 3.05) is 6.61 Å². The first kappa shape index (κ1) is 10.9. The van der Waals surface area contributed by atoms with Crippen molar-refractivity contribution in [2.45, 2.75) is 25.7 Å². The molecule has 0 aliphatic heterocycles. The van der Waals surface area contributed by atoms with Crippen molar-refractivity contribution in [3.63, 3.8) is 0 Å². The number of amidine groups is 1. The minimum atomic E-state index is -0.633. The SMILES string of the molecule is C=NC(=N)C(=O)OCC1CCC2CC3CC1C23. The first-order valence-corrected chi connectivity index (χ1v) is 6.43. The van der Waals surface area contributed by atoms with E-state index in [0.29, 0.717) is 12.5 Å². The highest BCUT2D eigenvalue weighted by Gasteiger charge is 2.58. The van der Waals surface area contributed by atoms with Crippen molar-refractivity contribution in [3.05, 3.63) is 0 Å². The second-order valence-corrected chi connectivity index (χ2v) is 5.68. The minimum Gasteiger partial charge on any atom is -0.460 e. The molecule has 0 saturated heterocycles. The van der Waals surface area contributed by atoms with Gasteiger partial charge in [-0.25, -0.2) is 9.79 Å². The van der Waals surface area contributed by atoms with E-state index in [-0.39, 0.29) is 5.84 Å². The molecule has 4 nitrogen and oxygen atoms in total. The van der Waals surface area contributed by atoms with Crippen LogP contribution in [-0.4, -0.2) is 25.1 Å². The van der Waals surface area contributed by atoms with Gasteiger partial charge in [-0.3, -0.25) is 5.41 Å². The number of carbonyl (C=O) groups excluding carboxylic acids is 1. The molecule has 0 spiro atoms. The lowest BCUT2D eigenvalue weighted by atomic mass is 9.41. The molecular formula is C13H18N2O2. The number of rotatable bonds is 2. The molecule has 3 fully saturated rings. The van der Waals surface area contributed by atoms with Crippen LogP contribution in [0.25, 0.3) is 0 Å². The number of esters is 1. The van der Waals surface area contributed by atoms with Crippen molar-refractivity contribution in [1.82, 2.24) is 0 Å². The lowest BCUT2D eigenvalue weighted by molar-refractivity contribution is -0.165. The number of nitrogens with zero attached hydrogens (tertiary/aromatic N) is 1. The summed E-state index contributed by atoms with van der Waals surface area (Å²) in [5.74, 6) is 3.18. The number of hydrogen-bond acceptors (Lipinski definition) is 3. The number of aliphatic imine (C=N–C) groups is 1. The van der Waals surface area contributed by atoms with Gasteiger partial charge in [0.25, 0.3) is 0 Å². The normalized spacial score (nSPS) is 41.5. The zero-order valence-corrected chi connectivity index (χ0v) is 9.89. The van der Waals surface area contributed by atoms with E-state index in [4.69, 9.17) is 10.1 Å². The topological polar surface area (TPSA) is 62.5 Å². The molecular weight excluding hydrogens is 216 g/mol. The average Bonchev–Trinajstić information content (AvgIpc) is 2.29. The molecule has 0 aromatic rings. The lowest BCUT2D eigenvalue weighted by Gasteiger charge is -2.64. The molecule has 3 saturated carbocycles. The number of hydrogen-bond donors (Lipinski definition) is 1. The van der Waals surface area contributed by atoms with Gasteiger partial charge in [0.05, 0.1) is 6.61 Å². The molecule has 17 heavy (non-hydrogen) atoms. The van der Waals surface area contributed by atoms with E-state index < -0.39 is 5.97 Å². The maximum atomic E-state index is 11.3.